The number of nitrogens with zero attached hydrogens (tertiary/aromatic N) is 3. The van der Waals surface area contributed by atoms with Crippen molar-refractivity contribution in [3.63, 3.8) is 0 Å². The first kappa shape index (κ1) is 28.6. The summed E-state index contributed by atoms with van der Waals surface area (Å²) in [5, 5.41) is 0.466. The van der Waals surface area contributed by atoms with Gasteiger partial charge in [0.2, 0.25) is 0 Å². The predicted molar refractivity (Wildman–Crippen MR) is 163 cm³/mol. The molecule has 3 heterocycles. The first-order valence-electron chi connectivity index (χ1n) is 13.6. The minimum absolute atomic E-state index is 0.197. The molecule has 0 aliphatic carbocycles. The lowest BCUT2D eigenvalue weighted by atomic mass is 9.93. The number of ether oxygens (including phenoxy) is 2. The summed E-state index contributed by atoms with van der Waals surface area (Å²) in [6, 6.07) is 16.6. The van der Waals surface area contributed by atoms with Crippen LogP contribution in [0.5, 0.6) is 5.75 Å². The quantitative estimate of drug-likeness (QED) is 0.249. The average Bonchev–Trinajstić information content (AvgIpc) is 3.42. The number of methoxy groups -OCH3 is 1. The van der Waals surface area contributed by atoms with Crippen LogP contribution < -0.4 is 19.6 Å². The monoisotopic (exact) mass is 589 g/mol. The molecule has 1 aliphatic rings. The summed E-state index contributed by atoms with van der Waals surface area (Å²) in [7, 11) is 1.56. The number of halogens is 1. The van der Waals surface area contributed by atoms with Crippen molar-refractivity contribution < 1.29 is 14.3 Å². The molecule has 0 fully saturated rings. The number of para-hydroxylation sites is 1. The van der Waals surface area contributed by atoms with Gasteiger partial charge >= 0.3 is 5.97 Å². The molecule has 0 N–H and O–H groups in total. The summed E-state index contributed by atoms with van der Waals surface area (Å²) in [4.78, 5) is 33.0. The molecule has 1 aliphatic heterocycles. The number of allylic oxidation sites excluding steroid dienone is 1. The lowest BCUT2D eigenvalue weighted by Crippen LogP contribution is -2.40. The number of aromatic nitrogens is 2. The lowest BCUT2D eigenvalue weighted by molar-refractivity contribution is -0.139. The van der Waals surface area contributed by atoms with E-state index in [1.54, 1.807) is 36.8 Å². The van der Waals surface area contributed by atoms with Gasteiger partial charge in [0.15, 0.2) is 4.80 Å². The zero-order chi connectivity index (χ0) is 29.3. The molecule has 41 heavy (non-hydrogen) atoms. The number of fused-ring (bicyclic) bond motifs is 1. The van der Waals surface area contributed by atoms with Crippen LogP contribution in [0.4, 0.5) is 0 Å². The van der Waals surface area contributed by atoms with E-state index in [-0.39, 0.29) is 12.2 Å². The highest BCUT2D eigenvalue weighted by atomic mass is 35.5. The minimum atomic E-state index is -0.806. The third-order valence-electron chi connectivity index (χ3n) is 7.15. The molecular formula is C32H32ClN3O4S. The third-order valence-corrected chi connectivity index (χ3v) is 8.37. The van der Waals surface area contributed by atoms with Gasteiger partial charge in [0.05, 0.1) is 29.5 Å². The summed E-state index contributed by atoms with van der Waals surface area (Å²) >= 11 is 7.75. The van der Waals surface area contributed by atoms with Crippen LogP contribution in [-0.2, 0) is 9.53 Å². The molecule has 2 aromatic heterocycles. The SMILES string of the molecule is CCCC1=C(C(=O)OCC)[C@H](c2cc(Cl)ccc2OC)n2c(s/c(=C/c3cc(C)n(-c4ccccc4)c3C)c2=O)=N1. The zero-order valence-corrected chi connectivity index (χ0v) is 25.3. The topological polar surface area (TPSA) is 74.8 Å². The van der Waals surface area contributed by atoms with E-state index < -0.39 is 12.0 Å². The zero-order valence-electron chi connectivity index (χ0n) is 23.7. The molecule has 0 saturated heterocycles. The van der Waals surface area contributed by atoms with Gasteiger partial charge in [0.1, 0.15) is 11.8 Å². The standard InChI is InChI=1S/C32H32ClN3O4S/c1-6-11-25-28(31(38)40-7-2)29(24-18-22(33)14-15-26(24)39-5)36-30(37)27(41-32(36)34-25)17-21-16-19(3)35(20(21)4)23-12-9-8-10-13-23/h8-10,12-18,29H,6-7,11H2,1-5H3/b27-17+/t29-/m0/s1. The maximum atomic E-state index is 14.2. The van der Waals surface area contributed by atoms with Crippen LogP contribution in [0.25, 0.3) is 11.8 Å². The third kappa shape index (κ3) is 5.29. The minimum Gasteiger partial charge on any atom is -0.496 e. The van der Waals surface area contributed by atoms with Gasteiger partial charge in [-0.25, -0.2) is 9.79 Å². The number of aryl methyl sites for hydroxylation is 1. The van der Waals surface area contributed by atoms with Crippen LogP contribution in [0.15, 0.2) is 75.7 Å². The van der Waals surface area contributed by atoms with Gasteiger partial charge in [-0.05, 0) is 75.2 Å². The van der Waals surface area contributed by atoms with Gasteiger partial charge < -0.3 is 14.0 Å². The van der Waals surface area contributed by atoms with Gasteiger partial charge in [-0.15, -0.1) is 0 Å². The van der Waals surface area contributed by atoms with Crippen LogP contribution in [0, 0.1) is 13.8 Å². The van der Waals surface area contributed by atoms with Gasteiger partial charge in [0, 0.05) is 27.7 Å². The number of esters is 1. The number of carbonyl (C=O) groups is 1. The Balaban J connectivity index is 1.77. The van der Waals surface area contributed by atoms with Crippen LogP contribution in [0.3, 0.4) is 0 Å². The first-order chi connectivity index (χ1) is 19.8. The number of hydrogen-bond donors (Lipinski definition) is 0. The molecule has 2 aromatic carbocycles. The first-order valence-corrected chi connectivity index (χ1v) is 14.8. The summed E-state index contributed by atoms with van der Waals surface area (Å²) in [5.74, 6) is 0.00680. The Bertz CT molecular complexity index is 1830. The van der Waals surface area contributed by atoms with E-state index in [0.29, 0.717) is 43.4 Å². The van der Waals surface area contributed by atoms with Crippen molar-refractivity contribution in [1.82, 2.24) is 9.13 Å². The summed E-state index contributed by atoms with van der Waals surface area (Å²) in [6.07, 6.45) is 3.23. The second kappa shape index (κ2) is 11.9. The Morgan fingerprint density at radius 2 is 1.88 bits per heavy atom. The molecular weight excluding hydrogens is 558 g/mol. The van der Waals surface area contributed by atoms with E-state index in [4.69, 9.17) is 26.1 Å². The molecule has 1 atom stereocenters. The van der Waals surface area contributed by atoms with Crippen molar-refractivity contribution in [3.8, 4) is 11.4 Å². The second-order valence-corrected chi connectivity index (χ2v) is 11.2. The second-order valence-electron chi connectivity index (χ2n) is 9.80. The van der Waals surface area contributed by atoms with Gasteiger partial charge in [-0.1, -0.05) is 54.5 Å². The molecule has 0 unspecified atom stereocenters. The number of rotatable bonds is 8. The fourth-order valence-corrected chi connectivity index (χ4v) is 6.57. The highest BCUT2D eigenvalue weighted by molar-refractivity contribution is 7.07. The fraction of sp³-hybridized carbons (Fsp3) is 0.281. The van der Waals surface area contributed by atoms with Gasteiger partial charge in [-0.2, -0.15) is 0 Å². The van der Waals surface area contributed by atoms with Crippen molar-refractivity contribution in [1.29, 1.82) is 0 Å². The number of benzene rings is 2. The van der Waals surface area contributed by atoms with Crippen LogP contribution >= 0.6 is 22.9 Å². The van der Waals surface area contributed by atoms with Gasteiger partial charge in [0.25, 0.3) is 5.56 Å². The summed E-state index contributed by atoms with van der Waals surface area (Å²) in [5.41, 5.74) is 5.36. The van der Waals surface area contributed by atoms with E-state index in [0.717, 1.165) is 29.1 Å². The van der Waals surface area contributed by atoms with E-state index in [1.807, 2.05) is 45.0 Å². The van der Waals surface area contributed by atoms with E-state index in [1.165, 1.54) is 11.3 Å². The van der Waals surface area contributed by atoms with E-state index >= 15 is 0 Å². The van der Waals surface area contributed by atoms with Crippen LogP contribution in [0.2, 0.25) is 5.02 Å². The molecule has 0 spiro atoms. The molecule has 5 rings (SSSR count). The van der Waals surface area contributed by atoms with Crippen molar-refractivity contribution in [2.24, 2.45) is 4.99 Å². The van der Waals surface area contributed by atoms with Crippen molar-refractivity contribution in [2.45, 2.75) is 46.6 Å². The fourth-order valence-electron chi connectivity index (χ4n) is 5.38. The molecule has 4 aromatic rings. The van der Waals surface area contributed by atoms with Crippen molar-refractivity contribution in [2.75, 3.05) is 13.7 Å². The highest BCUT2D eigenvalue weighted by Gasteiger charge is 2.36. The molecule has 0 amide bonds. The molecule has 212 valence electrons. The maximum Gasteiger partial charge on any atom is 0.338 e. The summed E-state index contributed by atoms with van der Waals surface area (Å²) in [6.45, 7) is 8.07. The normalized spacial score (nSPS) is 15.1. The number of thiazole rings is 1. The van der Waals surface area contributed by atoms with E-state index in [9.17, 15) is 9.59 Å². The molecule has 0 radical (unpaired) electrons. The number of hydrogen-bond acceptors (Lipinski definition) is 6. The predicted octanol–water partition coefficient (Wildman–Crippen LogP) is 5.65. The molecule has 0 saturated carbocycles. The van der Waals surface area contributed by atoms with E-state index in [2.05, 4.69) is 22.8 Å². The largest absolute Gasteiger partial charge is 0.496 e. The smallest absolute Gasteiger partial charge is 0.338 e. The Hall–Kier alpha value is -3.88. The molecule has 0 bridgehead atoms. The maximum absolute atomic E-state index is 14.2. The molecule has 7 nitrogen and oxygen atoms in total. The Kier molecular flexibility index (Phi) is 8.33. The van der Waals surface area contributed by atoms with Crippen molar-refractivity contribution in [3.05, 3.63) is 113 Å². The number of carbonyl (C=O) groups excluding carboxylic acids is 1. The Morgan fingerprint density at radius 3 is 2.56 bits per heavy atom. The van der Waals surface area contributed by atoms with Gasteiger partial charge in [-0.3, -0.25) is 9.36 Å². The Morgan fingerprint density at radius 1 is 1.12 bits per heavy atom. The average molecular weight is 590 g/mol. The highest BCUT2D eigenvalue weighted by Crippen LogP contribution is 2.38. The Labute approximate surface area is 247 Å². The summed E-state index contributed by atoms with van der Waals surface area (Å²) < 4.78 is 15.4. The van der Waals surface area contributed by atoms with Crippen molar-refractivity contribution >= 4 is 35.0 Å². The molecule has 9 heteroatoms. The van der Waals surface area contributed by atoms with Crippen LogP contribution in [0.1, 0.15) is 55.2 Å². The van der Waals surface area contributed by atoms with Crippen LogP contribution in [-0.4, -0.2) is 28.8 Å². The lowest BCUT2D eigenvalue weighted by Gasteiger charge is -2.27.